The zero-order valence-electron chi connectivity index (χ0n) is 12.1. The molecule has 0 heterocycles. The van der Waals surface area contributed by atoms with Gasteiger partial charge in [0, 0.05) is 5.56 Å². The number of carbonyl (C=O) groups excluding carboxylic acids is 1. The molecular formula is C17H17FO2. The number of rotatable bonds is 3. The molecular weight excluding hydrogens is 255 g/mol. The zero-order chi connectivity index (χ0) is 14.9. The maximum absolute atomic E-state index is 14.0. The lowest BCUT2D eigenvalue weighted by atomic mass is 9.94. The van der Waals surface area contributed by atoms with Crippen LogP contribution in [0.5, 0.6) is 5.75 Å². The van der Waals surface area contributed by atoms with Crippen LogP contribution in [-0.2, 0) is 0 Å². The normalized spacial score (nSPS) is 10.4. The number of benzene rings is 2. The van der Waals surface area contributed by atoms with Crippen LogP contribution in [-0.4, -0.2) is 12.9 Å². The van der Waals surface area contributed by atoms with Gasteiger partial charge in [-0.1, -0.05) is 12.1 Å². The lowest BCUT2D eigenvalue weighted by Gasteiger charge is -2.12. The van der Waals surface area contributed by atoms with Gasteiger partial charge in [0.1, 0.15) is 17.1 Å². The first-order valence-electron chi connectivity index (χ1n) is 6.40. The summed E-state index contributed by atoms with van der Waals surface area (Å²) in [6.07, 6.45) is 0. The fourth-order valence-corrected chi connectivity index (χ4v) is 2.23. The number of ether oxygens (including phenoxy) is 1. The van der Waals surface area contributed by atoms with Gasteiger partial charge in [0.25, 0.3) is 0 Å². The highest BCUT2D eigenvalue weighted by Gasteiger charge is 2.21. The van der Waals surface area contributed by atoms with Crippen molar-refractivity contribution >= 4 is 5.78 Å². The quantitative estimate of drug-likeness (QED) is 0.790. The van der Waals surface area contributed by atoms with Gasteiger partial charge in [-0.15, -0.1) is 0 Å². The lowest BCUT2D eigenvalue weighted by molar-refractivity contribution is 0.103. The third-order valence-corrected chi connectivity index (χ3v) is 3.51. The molecule has 3 heteroatoms. The molecule has 0 spiro atoms. The molecule has 0 saturated carbocycles. The molecule has 0 fully saturated rings. The van der Waals surface area contributed by atoms with E-state index in [1.807, 2.05) is 26.8 Å². The summed E-state index contributed by atoms with van der Waals surface area (Å²) in [5, 5.41) is 0. The van der Waals surface area contributed by atoms with Crippen LogP contribution in [0.3, 0.4) is 0 Å². The third kappa shape index (κ3) is 2.44. The Morgan fingerprint density at radius 1 is 1.05 bits per heavy atom. The Bertz CT molecular complexity index is 675. The van der Waals surface area contributed by atoms with E-state index in [9.17, 15) is 9.18 Å². The van der Waals surface area contributed by atoms with E-state index in [0.717, 1.165) is 16.7 Å². The number of hydrogen-bond donors (Lipinski definition) is 0. The lowest BCUT2D eigenvalue weighted by Crippen LogP contribution is -2.09. The number of ketones is 1. The molecule has 0 unspecified atom stereocenters. The summed E-state index contributed by atoms with van der Waals surface area (Å²) in [5.74, 6) is -0.653. The summed E-state index contributed by atoms with van der Waals surface area (Å²) in [4.78, 5) is 12.6. The molecule has 104 valence electrons. The highest BCUT2D eigenvalue weighted by atomic mass is 19.1. The van der Waals surface area contributed by atoms with Crippen molar-refractivity contribution in [3.63, 3.8) is 0 Å². The number of aryl methyl sites for hydroxylation is 3. The molecule has 2 aromatic carbocycles. The summed E-state index contributed by atoms with van der Waals surface area (Å²) in [7, 11) is 1.43. The third-order valence-electron chi connectivity index (χ3n) is 3.51. The minimum atomic E-state index is -0.563. The molecule has 0 amide bonds. The number of carbonyl (C=O) groups is 1. The zero-order valence-corrected chi connectivity index (χ0v) is 12.1. The van der Waals surface area contributed by atoms with Crippen LogP contribution >= 0.6 is 0 Å². The molecule has 0 aromatic heterocycles. The Hall–Kier alpha value is -2.16. The van der Waals surface area contributed by atoms with E-state index < -0.39 is 5.82 Å². The van der Waals surface area contributed by atoms with Crippen LogP contribution in [0, 0.1) is 26.6 Å². The maximum Gasteiger partial charge on any atom is 0.200 e. The predicted octanol–water partition coefficient (Wildman–Crippen LogP) is 3.99. The molecule has 0 N–H and O–H groups in total. The molecule has 20 heavy (non-hydrogen) atoms. The summed E-state index contributed by atoms with van der Waals surface area (Å²) < 4.78 is 19.1. The largest absolute Gasteiger partial charge is 0.496 e. The van der Waals surface area contributed by atoms with Gasteiger partial charge in [0.2, 0.25) is 0 Å². The van der Waals surface area contributed by atoms with Gasteiger partial charge in [-0.25, -0.2) is 4.39 Å². The average Bonchev–Trinajstić information content (AvgIpc) is 2.41. The molecule has 0 saturated heterocycles. The Morgan fingerprint density at radius 2 is 1.70 bits per heavy atom. The van der Waals surface area contributed by atoms with E-state index >= 15 is 0 Å². The minimum Gasteiger partial charge on any atom is -0.496 e. The van der Waals surface area contributed by atoms with Crippen LogP contribution in [0.15, 0.2) is 30.3 Å². The smallest absolute Gasteiger partial charge is 0.200 e. The first-order valence-corrected chi connectivity index (χ1v) is 6.40. The van der Waals surface area contributed by atoms with Gasteiger partial charge in [-0.2, -0.15) is 0 Å². The molecule has 0 aliphatic heterocycles. The second-order valence-corrected chi connectivity index (χ2v) is 4.90. The number of methoxy groups -OCH3 is 1. The van der Waals surface area contributed by atoms with E-state index in [1.165, 1.54) is 19.2 Å². The number of halogens is 1. The molecule has 0 bridgehead atoms. The van der Waals surface area contributed by atoms with Crippen LogP contribution in [0.1, 0.15) is 32.6 Å². The monoisotopic (exact) mass is 272 g/mol. The molecule has 0 aliphatic rings. The van der Waals surface area contributed by atoms with Crippen LogP contribution in [0.25, 0.3) is 0 Å². The molecule has 2 rings (SSSR count). The fraction of sp³-hybridized carbons (Fsp3) is 0.235. The molecule has 2 nitrogen and oxygen atoms in total. The predicted molar refractivity (Wildman–Crippen MR) is 77.0 cm³/mol. The van der Waals surface area contributed by atoms with Crippen LogP contribution in [0.4, 0.5) is 4.39 Å². The van der Waals surface area contributed by atoms with Gasteiger partial charge in [-0.3, -0.25) is 4.79 Å². The van der Waals surface area contributed by atoms with Crippen LogP contribution in [0.2, 0.25) is 0 Å². The first kappa shape index (κ1) is 14.3. The van der Waals surface area contributed by atoms with Crippen molar-refractivity contribution in [3.05, 3.63) is 64.0 Å². The van der Waals surface area contributed by atoms with E-state index in [4.69, 9.17) is 4.74 Å². The van der Waals surface area contributed by atoms with Gasteiger partial charge in [0.05, 0.1) is 7.11 Å². The SMILES string of the molecule is COc1cccc(F)c1C(=O)c1cc(C)c(C)cc1C. The summed E-state index contributed by atoms with van der Waals surface area (Å²) in [5.41, 5.74) is 3.45. The van der Waals surface area contributed by atoms with Crippen molar-refractivity contribution in [2.24, 2.45) is 0 Å². The topological polar surface area (TPSA) is 26.3 Å². The van der Waals surface area contributed by atoms with Crippen molar-refractivity contribution in [1.82, 2.24) is 0 Å². The average molecular weight is 272 g/mol. The van der Waals surface area contributed by atoms with Crippen molar-refractivity contribution in [2.45, 2.75) is 20.8 Å². The summed E-state index contributed by atoms with van der Waals surface area (Å²) in [6.45, 7) is 5.78. The van der Waals surface area contributed by atoms with E-state index in [1.54, 1.807) is 12.1 Å². The second kappa shape index (κ2) is 5.45. The Kier molecular flexibility index (Phi) is 3.89. The van der Waals surface area contributed by atoms with Gasteiger partial charge >= 0.3 is 0 Å². The summed E-state index contributed by atoms with van der Waals surface area (Å²) in [6, 6.07) is 8.13. The molecule has 0 radical (unpaired) electrons. The molecule has 2 aromatic rings. The molecule has 0 aliphatic carbocycles. The Morgan fingerprint density at radius 3 is 2.35 bits per heavy atom. The Labute approximate surface area is 118 Å². The van der Waals surface area contributed by atoms with Crippen molar-refractivity contribution in [3.8, 4) is 5.75 Å². The van der Waals surface area contributed by atoms with E-state index in [2.05, 4.69) is 0 Å². The van der Waals surface area contributed by atoms with E-state index in [-0.39, 0.29) is 17.1 Å². The van der Waals surface area contributed by atoms with E-state index in [0.29, 0.717) is 5.56 Å². The Balaban J connectivity index is 2.61. The highest BCUT2D eigenvalue weighted by molar-refractivity contribution is 6.11. The van der Waals surface area contributed by atoms with Crippen LogP contribution < -0.4 is 4.74 Å². The number of hydrogen-bond acceptors (Lipinski definition) is 2. The van der Waals surface area contributed by atoms with Crippen molar-refractivity contribution in [2.75, 3.05) is 7.11 Å². The van der Waals surface area contributed by atoms with Gasteiger partial charge < -0.3 is 4.74 Å². The first-order chi connectivity index (χ1) is 9.45. The standard InChI is InChI=1S/C17H17FO2/c1-10-8-12(3)13(9-11(10)2)17(19)16-14(18)6-5-7-15(16)20-4/h5-9H,1-4H3. The molecule has 0 atom stereocenters. The van der Waals surface area contributed by atoms with Gasteiger partial charge in [-0.05, 0) is 55.7 Å². The fourth-order valence-electron chi connectivity index (χ4n) is 2.23. The summed E-state index contributed by atoms with van der Waals surface area (Å²) >= 11 is 0. The van der Waals surface area contributed by atoms with Crippen molar-refractivity contribution in [1.29, 1.82) is 0 Å². The maximum atomic E-state index is 14.0. The minimum absolute atomic E-state index is 0.0126. The van der Waals surface area contributed by atoms with Crippen molar-refractivity contribution < 1.29 is 13.9 Å². The highest BCUT2D eigenvalue weighted by Crippen LogP contribution is 2.26. The second-order valence-electron chi connectivity index (χ2n) is 4.90. The van der Waals surface area contributed by atoms with Gasteiger partial charge in [0.15, 0.2) is 5.78 Å².